The molecular formula is C30H29N5O2. The van der Waals surface area contributed by atoms with E-state index in [1.807, 2.05) is 56.3 Å². The normalized spacial score (nSPS) is 13.1. The monoisotopic (exact) mass is 491 g/mol. The maximum absolute atomic E-state index is 12.9. The summed E-state index contributed by atoms with van der Waals surface area (Å²) < 4.78 is 0. The highest BCUT2D eigenvalue weighted by Crippen LogP contribution is 2.38. The van der Waals surface area contributed by atoms with Gasteiger partial charge in [0.25, 0.3) is 11.8 Å². The number of aliphatic imine (C=N–C) groups is 1. The number of nitrogens with zero attached hydrogens (tertiary/aromatic N) is 3. The highest BCUT2D eigenvalue weighted by Gasteiger charge is 2.25. The molecule has 1 aliphatic rings. The summed E-state index contributed by atoms with van der Waals surface area (Å²) in [6, 6.07) is 22.3. The van der Waals surface area contributed by atoms with Crippen LogP contribution in [0.2, 0.25) is 0 Å². The van der Waals surface area contributed by atoms with Gasteiger partial charge in [-0.05, 0) is 73.9 Å². The van der Waals surface area contributed by atoms with Gasteiger partial charge in [0.1, 0.15) is 0 Å². The van der Waals surface area contributed by atoms with Crippen LogP contribution in [0.5, 0.6) is 0 Å². The Morgan fingerprint density at radius 2 is 1.78 bits per heavy atom. The van der Waals surface area contributed by atoms with Crippen molar-refractivity contribution in [1.29, 1.82) is 5.26 Å². The molecule has 0 saturated heterocycles. The average Bonchev–Trinajstić information content (AvgIpc) is 3.04. The van der Waals surface area contributed by atoms with Crippen molar-refractivity contribution >= 4 is 34.6 Å². The molecule has 37 heavy (non-hydrogen) atoms. The summed E-state index contributed by atoms with van der Waals surface area (Å²) in [7, 11) is 0. The van der Waals surface area contributed by atoms with Crippen LogP contribution in [0, 0.1) is 11.3 Å². The molecule has 0 atom stereocenters. The van der Waals surface area contributed by atoms with Crippen molar-refractivity contribution in [1.82, 2.24) is 5.32 Å². The summed E-state index contributed by atoms with van der Waals surface area (Å²) in [5.41, 5.74) is 6.63. The molecule has 1 heterocycles. The zero-order valence-corrected chi connectivity index (χ0v) is 21.2. The predicted octanol–water partition coefficient (Wildman–Crippen LogP) is 5.81. The van der Waals surface area contributed by atoms with E-state index in [1.165, 1.54) is 0 Å². The van der Waals surface area contributed by atoms with Gasteiger partial charge in [-0.1, -0.05) is 31.2 Å². The second kappa shape index (κ2) is 11.4. The minimum absolute atomic E-state index is 0.192. The molecule has 1 aliphatic heterocycles. The molecule has 0 radical (unpaired) electrons. The first kappa shape index (κ1) is 25.4. The second-order valence-corrected chi connectivity index (χ2v) is 8.92. The third-order valence-electron chi connectivity index (χ3n) is 6.12. The topological polar surface area (TPSA) is 97.6 Å². The van der Waals surface area contributed by atoms with Crippen LogP contribution in [-0.2, 0) is 0 Å². The van der Waals surface area contributed by atoms with Crippen LogP contribution in [-0.4, -0.2) is 30.6 Å². The lowest BCUT2D eigenvalue weighted by atomic mass is 10.1. The molecule has 0 aliphatic carbocycles. The summed E-state index contributed by atoms with van der Waals surface area (Å²) in [4.78, 5) is 32.4. The number of nitrogens with one attached hydrogen (secondary N) is 2. The first-order valence-electron chi connectivity index (χ1n) is 12.2. The maximum Gasteiger partial charge on any atom is 0.257 e. The number of nitriles is 1. The predicted molar refractivity (Wildman–Crippen MR) is 148 cm³/mol. The van der Waals surface area contributed by atoms with E-state index >= 15 is 0 Å². The Hall–Kier alpha value is -4.70. The van der Waals surface area contributed by atoms with Gasteiger partial charge in [0.15, 0.2) is 0 Å². The van der Waals surface area contributed by atoms with Gasteiger partial charge >= 0.3 is 0 Å². The van der Waals surface area contributed by atoms with Crippen LogP contribution >= 0.6 is 0 Å². The fourth-order valence-electron chi connectivity index (χ4n) is 4.13. The lowest BCUT2D eigenvalue weighted by molar-refractivity contribution is 0.0955. The van der Waals surface area contributed by atoms with Crippen LogP contribution in [0.3, 0.4) is 0 Å². The average molecular weight is 492 g/mol. The number of anilines is 3. The van der Waals surface area contributed by atoms with Crippen molar-refractivity contribution in [3.05, 3.63) is 101 Å². The molecule has 7 heteroatoms. The van der Waals surface area contributed by atoms with Gasteiger partial charge in [-0.2, -0.15) is 5.26 Å². The largest absolute Gasteiger partial charge is 0.348 e. The molecular weight excluding hydrogens is 462 g/mol. The number of rotatable bonds is 7. The molecule has 0 saturated carbocycles. The van der Waals surface area contributed by atoms with Gasteiger partial charge in [-0.3, -0.25) is 14.6 Å². The van der Waals surface area contributed by atoms with E-state index < -0.39 is 0 Å². The Morgan fingerprint density at radius 1 is 1.05 bits per heavy atom. The van der Waals surface area contributed by atoms with Gasteiger partial charge < -0.3 is 15.5 Å². The molecule has 2 N–H and O–H groups in total. The van der Waals surface area contributed by atoms with Crippen LogP contribution in [0.25, 0.3) is 0 Å². The van der Waals surface area contributed by atoms with Crippen molar-refractivity contribution in [2.75, 3.05) is 23.3 Å². The molecule has 3 aromatic rings. The summed E-state index contributed by atoms with van der Waals surface area (Å²) in [5, 5.41) is 14.8. The van der Waals surface area contributed by atoms with E-state index in [2.05, 4.69) is 33.5 Å². The Balaban J connectivity index is 1.47. The van der Waals surface area contributed by atoms with Gasteiger partial charge in [-0.25, -0.2) is 0 Å². The zero-order valence-electron chi connectivity index (χ0n) is 21.2. The summed E-state index contributed by atoms with van der Waals surface area (Å²) in [5.74, 6) is -0.427. The number of carbonyl (C=O) groups excluding carboxylic acids is 2. The molecule has 0 bridgehead atoms. The Bertz CT molecular complexity index is 1430. The number of para-hydroxylation sites is 1. The van der Waals surface area contributed by atoms with Gasteiger partial charge in [0, 0.05) is 30.6 Å². The molecule has 7 nitrogen and oxygen atoms in total. The smallest absolute Gasteiger partial charge is 0.257 e. The van der Waals surface area contributed by atoms with Crippen LogP contribution in [0.4, 0.5) is 17.1 Å². The fraction of sp³-hybridized carbons (Fsp3) is 0.200. The standard InChI is InChI=1S/C30H29N5O2/c1-4-15-35-27-8-6-5-7-25(27)30(37)34-26-16-24(13-14-28(26)35)29(36)33-19-20(2)18-32-21(3)23-11-9-22(17-31)10-12-23/h5-14,16,18H,4,15,19H2,1-3H3,(H,33,36)(H,34,37)/b20-18+,32-21?. The molecule has 186 valence electrons. The zero-order chi connectivity index (χ0) is 26.4. The van der Waals surface area contributed by atoms with Crippen LogP contribution in [0.15, 0.2) is 83.5 Å². The molecule has 2 amide bonds. The Labute approximate surface area is 217 Å². The van der Waals surface area contributed by atoms with Gasteiger partial charge in [0.05, 0.1) is 34.3 Å². The minimum Gasteiger partial charge on any atom is -0.348 e. The Kier molecular flexibility index (Phi) is 7.80. The number of carbonyl (C=O) groups is 2. The molecule has 3 aromatic carbocycles. The minimum atomic E-state index is -0.235. The first-order chi connectivity index (χ1) is 17.9. The maximum atomic E-state index is 12.9. The quantitative estimate of drug-likeness (QED) is 0.407. The summed E-state index contributed by atoms with van der Waals surface area (Å²) >= 11 is 0. The molecule has 0 spiro atoms. The van der Waals surface area contributed by atoms with Crippen molar-refractivity contribution in [2.45, 2.75) is 27.2 Å². The number of hydrogen-bond donors (Lipinski definition) is 2. The number of amides is 2. The van der Waals surface area contributed by atoms with Crippen molar-refractivity contribution in [3.8, 4) is 6.07 Å². The third-order valence-corrected chi connectivity index (χ3v) is 6.12. The SMILES string of the molecule is CCCN1c2ccc(C(=O)NC/C(C)=C/N=C(C)c3ccc(C#N)cc3)cc2NC(=O)c2ccccc21. The van der Waals surface area contributed by atoms with Crippen molar-refractivity contribution < 1.29 is 9.59 Å². The van der Waals surface area contributed by atoms with Gasteiger partial charge in [0.2, 0.25) is 0 Å². The second-order valence-electron chi connectivity index (χ2n) is 8.92. The molecule has 4 rings (SSSR count). The van der Waals surface area contributed by atoms with E-state index in [0.717, 1.165) is 41.2 Å². The molecule has 0 fully saturated rings. The number of benzene rings is 3. The fourth-order valence-corrected chi connectivity index (χ4v) is 4.13. The lowest BCUT2D eigenvalue weighted by Gasteiger charge is -2.25. The summed E-state index contributed by atoms with van der Waals surface area (Å²) in [6.07, 6.45) is 2.63. The van der Waals surface area contributed by atoms with E-state index in [9.17, 15) is 9.59 Å². The van der Waals surface area contributed by atoms with E-state index in [0.29, 0.717) is 28.9 Å². The number of hydrogen-bond acceptors (Lipinski definition) is 5. The van der Waals surface area contributed by atoms with Crippen LogP contribution < -0.4 is 15.5 Å². The van der Waals surface area contributed by atoms with Crippen molar-refractivity contribution in [3.63, 3.8) is 0 Å². The molecule has 0 unspecified atom stereocenters. The molecule has 0 aromatic heterocycles. The van der Waals surface area contributed by atoms with E-state index in [1.54, 1.807) is 30.5 Å². The van der Waals surface area contributed by atoms with Crippen molar-refractivity contribution in [2.24, 2.45) is 4.99 Å². The highest BCUT2D eigenvalue weighted by atomic mass is 16.2. The highest BCUT2D eigenvalue weighted by molar-refractivity contribution is 6.13. The lowest BCUT2D eigenvalue weighted by Crippen LogP contribution is -2.25. The number of fused-ring (bicyclic) bond motifs is 2. The van der Waals surface area contributed by atoms with Crippen LogP contribution in [0.1, 0.15) is 59.0 Å². The van der Waals surface area contributed by atoms with E-state index in [-0.39, 0.29) is 11.8 Å². The van der Waals surface area contributed by atoms with Gasteiger partial charge in [-0.15, -0.1) is 0 Å². The first-order valence-corrected chi connectivity index (χ1v) is 12.2. The van der Waals surface area contributed by atoms with E-state index in [4.69, 9.17) is 5.26 Å². The summed E-state index contributed by atoms with van der Waals surface area (Å²) in [6.45, 7) is 6.97. The third kappa shape index (κ3) is 5.76. The Morgan fingerprint density at radius 3 is 2.51 bits per heavy atom.